The van der Waals surface area contributed by atoms with Gasteiger partial charge < -0.3 is 15.5 Å². The lowest BCUT2D eigenvalue weighted by molar-refractivity contribution is -0.117. The number of furan rings is 1. The van der Waals surface area contributed by atoms with E-state index in [-0.39, 0.29) is 11.9 Å². The number of carbonyl (C=O) groups excluding carboxylic acids is 1. The highest BCUT2D eigenvalue weighted by molar-refractivity contribution is 5.73. The first-order valence-electron chi connectivity index (χ1n) is 4.24. The zero-order chi connectivity index (χ0) is 9.68. The van der Waals surface area contributed by atoms with E-state index in [4.69, 9.17) is 10.2 Å². The highest BCUT2D eigenvalue weighted by atomic mass is 16.3. The van der Waals surface area contributed by atoms with Crippen LogP contribution in [0.1, 0.15) is 24.9 Å². The van der Waals surface area contributed by atoms with Crippen molar-refractivity contribution in [3.63, 3.8) is 0 Å². The van der Waals surface area contributed by atoms with E-state index in [1.807, 2.05) is 13.0 Å². The Morgan fingerprint density at radius 3 is 3.08 bits per heavy atom. The van der Waals surface area contributed by atoms with Crippen molar-refractivity contribution in [2.45, 2.75) is 19.4 Å². The summed E-state index contributed by atoms with van der Waals surface area (Å²) < 4.78 is 4.93. The van der Waals surface area contributed by atoms with Gasteiger partial charge in [0.05, 0.1) is 12.5 Å². The summed E-state index contributed by atoms with van der Waals surface area (Å²) in [6.45, 7) is 2.60. The predicted molar refractivity (Wildman–Crippen MR) is 48.9 cm³/mol. The number of nitrogens with one attached hydrogen (secondary N) is 1. The van der Waals surface area contributed by atoms with Gasteiger partial charge in [-0.15, -0.1) is 0 Å². The van der Waals surface area contributed by atoms with Crippen molar-refractivity contribution in [3.05, 3.63) is 24.2 Å². The zero-order valence-corrected chi connectivity index (χ0v) is 7.62. The minimum Gasteiger partial charge on any atom is -0.472 e. The van der Waals surface area contributed by atoms with Gasteiger partial charge in [-0.25, -0.2) is 0 Å². The normalized spacial score (nSPS) is 12.7. The highest BCUT2D eigenvalue weighted by Crippen LogP contribution is 2.11. The van der Waals surface area contributed by atoms with E-state index in [0.29, 0.717) is 13.0 Å². The Labute approximate surface area is 77.1 Å². The van der Waals surface area contributed by atoms with E-state index in [9.17, 15) is 4.79 Å². The number of amides is 1. The molecule has 0 aliphatic rings. The standard InChI is InChI=1S/C9H14N2O2/c1-7(8-3-5-13-6-8)11-4-2-9(10)12/h3,5-7,11H,2,4H2,1H3,(H2,10,12). The molecule has 1 amide bonds. The Morgan fingerprint density at radius 2 is 2.54 bits per heavy atom. The lowest BCUT2D eigenvalue weighted by Gasteiger charge is -2.10. The van der Waals surface area contributed by atoms with E-state index in [1.54, 1.807) is 12.5 Å². The molecule has 1 aromatic rings. The van der Waals surface area contributed by atoms with Crippen molar-refractivity contribution in [1.29, 1.82) is 0 Å². The Hall–Kier alpha value is -1.29. The van der Waals surface area contributed by atoms with Crippen molar-refractivity contribution < 1.29 is 9.21 Å². The van der Waals surface area contributed by atoms with Crippen molar-refractivity contribution in [1.82, 2.24) is 5.32 Å². The largest absolute Gasteiger partial charge is 0.472 e. The Morgan fingerprint density at radius 1 is 1.77 bits per heavy atom. The molecule has 1 atom stereocenters. The van der Waals surface area contributed by atoms with Crippen LogP contribution in [-0.2, 0) is 4.79 Å². The SMILES string of the molecule is CC(NCCC(N)=O)c1ccoc1. The molecule has 1 rings (SSSR count). The summed E-state index contributed by atoms with van der Waals surface area (Å²) in [6, 6.07) is 2.08. The number of carbonyl (C=O) groups is 1. The fraction of sp³-hybridized carbons (Fsp3) is 0.444. The van der Waals surface area contributed by atoms with Gasteiger partial charge in [0.25, 0.3) is 0 Å². The molecule has 0 saturated heterocycles. The van der Waals surface area contributed by atoms with Gasteiger partial charge in [0.1, 0.15) is 0 Å². The fourth-order valence-electron chi connectivity index (χ4n) is 1.05. The summed E-state index contributed by atoms with van der Waals surface area (Å²) in [5.74, 6) is -0.285. The fourth-order valence-corrected chi connectivity index (χ4v) is 1.05. The highest BCUT2D eigenvalue weighted by Gasteiger charge is 2.05. The third kappa shape index (κ3) is 3.29. The summed E-state index contributed by atoms with van der Waals surface area (Å²) in [5, 5.41) is 3.16. The topological polar surface area (TPSA) is 68.3 Å². The van der Waals surface area contributed by atoms with Crippen LogP contribution in [0.15, 0.2) is 23.0 Å². The summed E-state index contributed by atoms with van der Waals surface area (Å²) >= 11 is 0. The molecule has 0 aliphatic heterocycles. The maximum absolute atomic E-state index is 10.4. The lowest BCUT2D eigenvalue weighted by atomic mass is 10.2. The molecule has 1 heterocycles. The first-order chi connectivity index (χ1) is 6.20. The van der Waals surface area contributed by atoms with Crippen LogP contribution in [0.5, 0.6) is 0 Å². The van der Waals surface area contributed by atoms with Crippen LogP contribution in [0.4, 0.5) is 0 Å². The van der Waals surface area contributed by atoms with Gasteiger partial charge in [-0.2, -0.15) is 0 Å². The Kier molecular flexibility index (Phi) is 3.52. The molecule has 4 nitrogen and oxygen atoms in total. The van der Waals surface area contributed by atoms with Crippen molar-refractivity contribution >= 4 is 5.91 Å². The molecule has 13 heavy (non-hydrogen) atoms. The second-order valence-electron chi connectivity index (χ2n) is 2.95. The maximum Gasteiger partial charge on any atom is 0.218 e. The minimum atomic E-state index is -0.285. The van der Waals surface area contributed by atoms with Crippen molar-refractivity contribution in [2.75, 3.05) is 6.54 Å². The molecule has 0 radical (unpaired) electrons. The van der Waals surface area contributed by atoms with E-state index in [0.717, 1.165) is 5.56 Å². The monoisotopic (exact) mass is 182 g/mol. The third-order valence-electron chi connectivity index (χ3n) is 1.87. The molecule has 0 fully saturated rings. The molecule has 72 valence electrons. The van der Waals surface area contributed by atoms with E-state index in [1.165, 1.54) is 0 Å². The van der Waals surface area contributed by atoms with Gasteiger partial charge in [0.15, 0.2) is 0 Å². The molecule has 0 bridgehead atoms. The molecular formula is C9H14N2O2. The second kappa shape index (κ2) is 4.67. The average molecular weight is 182 g/mol. The third-order valence-corrected chi connectivity index (χ3v) is 1.87. The minimum absolute atomic E-state index is 0.193. The van der Waals surface area contributed by atoms with Gasteiger partial charge in [-0.1, -0.05) is 0 Å². The van der Waals surface area contributed by atoms with Gasteiger partial charge in [-0.3, -0.25) is 4.79 Å². The molecular weight excluding hydrogens is 168 g/mol. The number of hydrogen-bond acceptors (Lipinski definition) is 3. The summed E-state index contributed by atoms with van der Waals surface area (Å²) in [5.41, 5.74) is 6.07. The number of nitrogens with two attached hydrogens (primary N) is 1. The number of primary amides is 1. The first kappa shape index (κ1) is 9.80. The summed E-state index contributed by atoms with van der Waals surface area (Å²) in [7, 11) is 0. The molecule has 3 N–H and O–H groups in total. The molecule has 0 saturated carbocycles. The van der Waals surface area contributed by atoms with Crippen LogP contribution in [0, 0.1) is 0 Å². The van der Waals surface area contributed by atoms with E-state index in [2.05, 4.69) is 5.32 Å². The van der Waals surface area contributed by atoms with Crippen LogP contribution in [-0.4, -0.2) is 12.5 Å². The number of hydrogen-bond donors (Lipinski definition) is 2. The second-order valence-corrected chi connectivity index (χ2v) is 2.95. The Bertz CT molecular complexity index is 257. The average Bonchev–Trinajstić information content (AvgIpc) is 2.55. The quantitative estimate of drug-likeness (QED) is 0.707. The Balaban J connectivity index is 2.26. The lowest BCUT2D eigenvalue weighted by Crippen LogP contribution is -2.24. The first-order valence-corrected chi connectivity index (χ1v) is 4.24. The van der Waals surface area contributed by atoms with E-state index < -0.39 is 0 Å². The molecule has 0 aliphatic carbocycles. The summed E-state index contributed by atoms with van der Waals surface area (Å²) in [4.78, 5) is 10.4. The summed E-state index contributed by atoms with van der Waals surface area (Å²) in [6.07, 6.45) is 3.67. The van der Waals surface area contributed by atoms with Crippen molar-refractivity contribution in [2.24, 2.45) is 5.73 Å². The van der Waals surface area contributed by atoms with Crippen LogP contribution >= 0.6 is 0 Å². The molecule has 4 heteroatoms. The van der Waals surface area contributed by atoms with Gasteiger partial charge in [0, 0.05) is 24.6 Å². The van der Waals surface area contributed by atoms with Crippen LogP contribution in [0.2, 0.25) is 0 Å². The van der Waals surface area contributed by atoms with Gasteiger partial charge in [-0.05, 0) is 13.0 Å². The smallest absolute Gasteiger partial charge is 0.218 e. The van der Waals surface area contributed by atoms with Crippen LogP contribution in [0.25, 0.3) is 0 Å². The van der Waals surface area contributed by atoms with Crippen LogP contribution < -0.4 is 11.1 Å². The van der Waals surface area contributed by atoms with Crippen molar-refractivity contribution in [3.8, 4) is 0 Å². The van der Waals surface area contributed by atoms with E-state index >= 15 is 0 Å². The number of rotatable bonds is 5. The molecule has 0 aromatic carbocycles. The maximum atomic E-state index is 10.4. The zero-order valence-electron chi connectivity index (χ0n) is 7.62. The molecule has 1 aromatic heterocycles. The van der Waals surface area contributed by atoms with Gasteiger partial charge >= 0.3 is 0 Å². The predicted octanol–water partition coefficient (Wildman–Crippen LogP) is 0.806. The van der Waals surface area contributed by atoms with Gasteiger partial charge in [0.2, 0.25) is 5.91 Å². The molecule has 1 unspecified atom stereocenters. The van der Waals surface area contributed by atoms with Crippen LogP contribution in [0.3, 0.4) is 0 Å². The molecule has 0 spiro atoms.